The number of H-pyrrole nitrogens is 1. The molecule has 10 nitrogen and oxygen atoms in total. The number of alkyl halides is 4. The Hall–Kier alpha value is -4.61. The van der Waals surface area contributed by atoms with Gasteiger partial charge in [0, 0.05) is 11.6 Å². The van der Waals surface area contributed by atoms with Crippen LogP contribution in [0.4, 0.5) is 33.7 Å². The highest BCUT2D eigenvalue weighted by atomic mass is 19.3. The van der Waals surface area contributed by atoms with Gasteiger partial charge in [-0.05, 0) is 19.1 Å². The Labute approximate surface area is 192 Å². The highest BCUT2D eigenvalue weighted by molar-refractivity contribution is 5.82. The van der Waals surface area contributed by atoms with E-state index in [2.05, 4.69) is 30.5 Å². The fraction of sp³-hybridized carbons (Fsp3) is 0.200. The molecule has 1 atom stereocenters. The van der Waals surface area contributed by atoms with Crippen LogP contribution in [0, 0.1) is 17.1 Å². The SMILES string of the molecule is C[C@H](Nc1nc(N)nc(C(F)F)c1C#N)c1nc2c(C(F)F)cc(F)cc2c(=O)n1-c1ccn[nH]1. The molecule has 0 unspecified atom stereocenters. The summed E-state index contributed by atoms with van der Waals surface area (Å²) in [5, 5.41) is 17.9. The summed E-state index contributed by atoms with van der Waals surface area (Å²) in [7, 11) is 0. The largest absolute Gasteiger partial charge is 0.368 e. The smallest absolute Gasteiger partial charge is 0.281 e. The maximum absolute atomic E-state index is 14.0. The summed E-state index contributed by atoms with van der Waals surface area (Å²) in [5.74, 6) is -2.13. The number of rotatable bonds is 6. The number of nitriles is 1. The molecule has 0 aliphatic carbocycles. The van der Waals surface area contributed by atoms with Crippen LogP contribution in [0.25, 0.3) is 16.7 Å². The molecule has 0 aliphatic rings. The van der Waals surface area contributed by atoms with Crippen molar-refractivity contribution >= 4 is 22.7 Å². The molecule has 0 aliphatic heterocycles. The second-order valence-electron chi connectivity index (χ2n) is 7.21. The second-order valence-corrected chi connectivity index (χ2v) is 7.21. The molecule has 0 spiro atoms. The quantitative estimate of drug-likeness (QED) is 0.347. The number of nitrogens with one attached hydrogen (secondary N) is 2. The minimum atomic E-state index is -3.15. The van der Waals surface area contributed by atoms with Gasteiger partial charge in [-0.2, -0.15) is 15.3 Å². The maximum Gasteiger partial charge on any atom is 0.281 e. The van der Waals surface area contributed by atoms with E-state index in [9.17, 15) is 32.0 Å². The third kappa shape index (κ3) is 4.21. The Morgan fingerprint density at radius 1 is 1.17 bits per heavy atom. The molecular formula is C20H14F5N9O. The van der Waals surface area contributed by atoms with Crippen LogP contribution in [0.5, 0.6) is 0 Å². The molecule has 15 heteroatoms. The first-order valence-corrected chi connectivity index (χ1v) is 9.78. The zero-order valence-corrected chi connectivity index (χ0v) is 17.6. The number of fused-ring (bicyclic) bond motifs is 1. The zero-order chi connectivity index (χ0) is 25.4. The van der Waals surface area contributed by atoms with Gasteiger partial charge >= 0.3 is 0 Å². The van der Waals surface area contributed by atoms with E-state index in [1.54, 1.807) is 6.07 Å². The molecule has 0 amide bonds. The lowest BCUT2D eigenvalue weighted by Gasteiger charge is -2.21. The molecule has 1 aromatic carbocycles. The Kier molecular flexibility index (Phi) is 6.03. The van der Waals surface area contributed by atoms with Crippen molar-refractivity contribution in [3.05, 3.63) is 63.2 Å². The van der Waals surface area contributed by atoms with Gasteiger partial charge in [0.15, 0.2) is 5.82 Å². The van der Waals surface area contributed by atoms with Crippen molar-refractivity contribution in [3.8, 4) is 11.9 Å². The van der Waals surface area contributed by atoms with E-state index < -0.39 is 63.9 Å². The molecule has 3 heterocycles. The highest BCUT2D eigenvalue weighted by Crippen LogP contribution is 2.30. The Morgan fingerprint density at radius 3 is 2.51 bits per heavy atom. The number of benzene rings is 1. The molecule has 0 saturated heterocycles. The number of aromatic nitrogens is 6. The number of nitrogen functional groups attached to an aromatic ring is 1. The fourth-order valence-corrected chi connectivity index (χ4v) is 3.50. The van der Waals surface area contributed by atoms with Gasteiger partial charge in [-0.1, -0.05) is 0 Å². The van der Waals surface area contributed by atoms with Gasteiger partial charge in [-0.15, -0.1) is 0 Å². The molecular weight excluding hydrogens is 477 g/mol. The van der Waals surface area contributed by atoms with E-state index in [0.717, 1.165) is 10.6 Å². The Balaban J connectivity index is 1.96. The molecule has 35 heavy (non-hydrogen) atoms. The first-order valence-electron chi connectivity index (χ1n) is 9.78. The van der Waals surface area contributed by atoms with Crippen molar-refractivity contribution in [2.75, 3.05) is 11.1 Å². The number of aromatic amines is 1. The van der Waals surface area contributed by atoms with Crippen LogP contribution in [0.2, 0.25) is 0 Å². The average molecular weight is 491 g/mol. The Bertz CT molecular complexity index is 1510. The molecule has 3 aromatic heterocycles. The van der Waals surface area contributed by atoms with Gasteiger partial charge in [0.05, 0.1) is 23.1 Å². The molecule has 0 bridgehead atoms. The lowest BCUT2D eigenvalue weighted by atomic mass is 10.1. The van der Waals surface area contributed by atoms with E-state index in [4.69, 9.17) is 5.73 Å². The van der Waals surface area contributed by atoms with Crippen LogP contribution >= 0.6 is 0 Å². The van der Waals surface area contributed by atoms with Crippen LogP contribution < -0.4 is 16.6 Å². The standard InChI is InChI=1S/C20H14F5N9O/c1-7(29-17-11(6-26)14(16(24)25)31-20(27)32-17)18-30-13-9(15(22)23)4-8(21)5-10(13)19(35)34(18)12-2-3-28-33-12/h2-5,7,15-16H,1H3,(H,28,33)(H3,27,29,31,32)/t7-/m0/s1. The third-order valence-electron chi connectivity index (χ3n) is 4.97. The second kappa shape index (κ2) is 8.97. The highest BCUT2D eigenvalue weighted by Gasteiger charge is 2.26. The predicted molar refractivity (Wildman–Crippen MR) is 113 cm³/mol. The van der Waals surface area contributed by atoms with Gasteiger partial charge in [0.1, 0.15) is 34.8 Å². The molecule has 4 N–H and O–H groups in total. The van der Waals surface area contributed by atoms with Crippen LogP contribution in [-0.4, -0.2) is 29.7 Å². The van der Waals surface area contributed by atoms with Gasteiger partial charge in [-0.3, -0.25) is 9.89 Å². The van der Waals surface area contributed by atoms with E-state index in [0.29, 0.717) is 6.07 Å². The first kappa shape index (κ1) is 23.5. The minimum absolute atomic E-state index is 0.0619. The van der Waals surface area contributed by atoms with Gasteiger partial charge < -0.3 is 11.1 Å². The summed E-state index contributed by atoms with van der Waals surface area (Å²) in [5.41, 5.74) is 1.81. The molecule has 0 radical (unpaired) electrons. The molecule has 180 valence electrons. The molecule has 4 aromatic rings. The summed E-state index contributed by atoms with van der Waals surface area (Å²) in [6.07, 6.45) is -4.99. The van der Waals surface area contributed by atoms with Gasteiger partial charge in [0.25, 0.3) is 18.4 Å². The lowest BCUT2D eigenvalue weighted by molar-refractivity contribution is 0.145. The normalized spacial score (nSPS) is 12.3. The first-order chi connectivity index (χ1) is 16.6. The van der Waals surface area contributed by atoms with Crippen molar-refractivity contribution < 1.29 is 22.0 Å². The van der Waals surface area contributed by atoms with Gasteiger partial charge in [0.2, 0.25) is 5.95 Å². The summed E-state index contributed by atoms with van der Waals surface area (Å²) in [6.45, 7) is 1.41. The summed E-state index contributed by atoms with van der Waals surface area (Å²) in [6, 6.07) is 3.19. The summed E-state index contributed by atoms with van der Waals surface area (Å²) >= 11 is 0. The number of anilines is 2. The molecule has 4 rings (SSSR count). The van der Waals surface area contributed by atoms with Crippen molar-refractivity contribution in [1.29, 1.82) is 5.26 Å². The number of nitrogens with zero attached hydrogens (tertiary/aromatic N) is 6. The van der Waals surface area contributed by atoms with Crippen LogP contribution in [0.1, 0.15) is 48.5 Å². The van der Waals surface area contributed by atoms with Crippen LogP contribution in [0.3, 0.4) is 0 Å². The topological polar surface area (TPSA) is 151 Å². The fourth-order valence-electron chi connectivity index (χ4n) is 3.50. The summed E-state index contributed by atoms with van der Waals surface area (Å²) < 4.78 is 69.0. The van der Waals surface area contributed by atoms with Gasteiger partial charge in [-0.25, -0.2) is 36.5 Å². The summed E-state index contributed by atoms with van der Waals surface area (Å²) in [4.78, 5) is 24.6. The van der Waals surface area contributed by atoms with Crippen LogP contribution in [-0.2, 0) is 0 Å². The molecule has 0 saturated carbocycles. The number of hydrogen-bond donors (Lipinski definition) is 3. The number of halogens is 5. The van der Waals surface area contributed by atoms with E-state index in [1.807, 2.05) is 0 Å². The van der Waals surface area contributed by atoms with Crippen molar-refractivity contribution in [3.63, 3.8) is 0 Å². The van der Waals surface area contributed by atoms with E-state index in [-0.39, 0.29) is 17.5 Å². The van der Waals surface area contributed by atoms with Crippen molar-refractivity contribution in [2.45, 2.75) is 25.8 Å². The monoisotopic (exact) mass is 491 g/mol. The minimum Gasteiger partial charge on any atom is -0.368 e. The van der Waals surface area contributed by atoms with Crippen LogP contribution in [0.15, 0.2) is 29.2 Å². The Morgan fingerprint density at radius 2 is 1.91 bits per heavy atom. The predicted octanol–water partition coefficient (Wildman–Crippen LogP) is 3.54. The lowest BCUT2D eigenvalue weighted by Crippen LogP contribution is -2.28. The number of nitrogens with two attached hydrogens (primary N) is 1. The zero-order valence-electron chi connectivity index (χ0n) is 17.6. The average Bonchev–Trinajstić information content (AvgIpc) is 3.32. The third-order valence-corrected chi connectivity index (χ3v) is 4.97. The van der Waals surface area contributed by atoms with Crippen molar-refractivity contribution in [1.82, 2.24) is 29.7 Å². The van der Waals surface area contributed by atoms with E-state index >= 15 is 0 Å². The maximum atomic E-state index is 14.0. The molecule has 0 fully saturated rings. The number of hydrogen-bond acceptors (Lipinski definition) is 8. The van der Waals surface area contributed by atoms with Crippen molar-refractivity contribution in [2.24, 2.45) is 0 Å². The van der Waals surface area contributed by atoms with E-state index in [1.165, 1.54) is 19.2 Å².